The molecule has 0 spiro atoms. The third kappa shape index (κ3) is 3.52. The first-order valence-corrected chi connectivity index (χ1v) is 6.84. The van der Waals surface area contributed by atoms with Gasteiger partial charge in [0.05, 0.1) is 21.5 Å². The Labute approximate surface area is 123 Å². The third-order valence-corrected chi connectivity index (χ3v) is 3.87. The highest BCUT2D eigenvalue weighted by atomic mass is 35.5. The summed E-state index contributed by atoms with van der Waals surface area (Å²) >= 11 is 13.0. The lowest BCUT2D eigenvalue weighted by Gasteiger charge is -2.07. The molecule has 0 saturated carbocycles. The number of amides is 1. The van der Waals surface area contributed by atoms with E-state index < -0.39 is 0 Å². The number of halogens is 2. The summed E-state index contributed by atoms with van der Waals surface area (Å²) in [6.45, 7) is 0. The van der Waals surface area contributed by atoms with E-state index in [0.717, 1.165) is 0 Å². The number of benzene rings is 1. The molecule has 0 unspecified atom stereocenters. The molecular formula is C10H9Cl2N5OS. The Morgan fingerprint density at radius 3 is 2.95 bits per heavy atom. The molecule has 1 aromatic carbocycles. The minimum atomic E-state index is -0.239. The van der Waals surface area contributed by atoms with Crippen molar-refractivity contribution in [3.05, 3.63) is 34.6 Å². The third-order valence-electron chi connectivity index (χ3n) is 2.10. The number of anilines is 1. The van der Waals surface area contributed by atoms with E-state index in [0.29, 0.717) is 20.9 Å². The minimum Gasteiger partial charge on any atom is -0.336 e. The fourth-order valence-corrected chi connectivity index (χ4v) is 2.23. The SMILES string of the molecule is Nn1cnnc1SCC(=O)Nc1cccc(Cl)c1Cl. The molecule has 0 radical (unpaired) electrons. The number of carbonyl (C=O) groups is 1. The fourth-order valence-electron chi connectivity index (χ4n) is 1.25. The average Bonchev–Trinajstić information content (AvgIpc) is 2.78. The number of nitrogen functional groups attached to an aromatic ring is 1. The molecule has 0 aliphatic carbocycles. The van der Waals surface area contributed by atoms with Crippen molar-refractivity contribution in [3.8, 4) is 0 Å². The van der Waals surface area contributed by atoms with E-state index in [-0.39, 0.29) is 11.7 Å². The number of nitrogens with two attached hydrogens (primary N) is 1. The van der Waals surface area contributed by atoms with Gasteiger partial charge in [-0.05, 0) is 12.1 Å². The summed E-state index contributed by atoms with van der Waals surface area (Å²) in [4.78, 5) is 11.8. The number of hydrogen-bond acceptors (Lipinski definition) is 5. The quantitative estimate of drug-likeness (QED) is 0.665. The van der Waals surface area contributed by atoms with Crippen LogP contribution >= 0.6 is 35.0 Å². The zero-order valence-corrected chi connectivity index (χ0v) is 11.8. The molecule has 0 atom stereocenters. The Morgan fingerprint density at radius 2 is 2.26 bits per heavy atom. The highest BCUT2D eigenvalue weighted by molar-refractivity contribution is 7.99. The van der Waals surface area contributed by atoms with Crippen molar-refractivity contribution in [2.75, 3.05) is 16.9 Å². The van der Waals surface area contributed by atoms with Gasteiger partial charge < -0.3 is 11.2 Å². The van der Waals surface area contributed by atoms with Crippen LogP contribution in [0.15, 0.2) is 29.7 Å². The van der Waals surface area contributed by atoms with Crippen molar-refractivity contribution < 1.29 is 4.79 Å². The van der Waals surface area contributed by atoms with Crippen LogP contribution in [0.25, 0.3) is 0 Å². The minimum absolute atomic E-state index is 0.138. The number of thioether (sulfide) groups is 1. The lowest BCUT2D eigenvalue weighted by molar-refractivity contribution is -0.113. The molecule has 19 heavy (non-hydrogen) atoms. The molecule has 9 heteroatoms. The molecule has 6 nitrogen and oxygen atoms in total. The van der Waals surface area contributed by atoms with Gasteiger partial charge in [0.25, 0.3) is 0 Å². The predicted molar refractivity (Wildman–Crippen MR) is 76.0 cm³/mol. The van der Waals surface area contributed by atoms with Crippen molar-refractivity contribution in [2.45, 2.75) is 5.16 Å². The standard InChI is InChI=1S/C10H9Cl2N5OS/c11-6-2-1-3-7(9(6)12)15-8(18)4-19-10-16-14-5-17(10)13/h1-3,5H,4,13H2,(H,15,18). The zero-order valence-electron chi connectivity index (χ0n) is 9.51. The van der Waals surface area contributed by atoms with Crippen LogP contribution in [0, 0.1) is 0 Å². The van der Waals surface area contributed by atoms with E-state index in [9.17, 15) is 4.79 Å². The van der Waals surface area contributed by atoms with E-state index in [1.54, 1.807) is 18.2 Å². The molecule has 0 saturated heterocycles. The Hall–Kier alpha value is -1.44. The molecule has 0 bridgehead atoms. The van der Waals surface area contributed by atoms with Crippen molar-refractivity contribution in [1.82, 2.24) is 14.9 Å². The van der Waals surface area contributed by atoms with Crippen molar-refractivity contribution >= 4 is 46.6 Å². The van der Waals surface area contributed by atoms with Crippen LogP contribution in [0.4, 0.5) is 5.69 Å². The summed E-state index contributed by atoms with van der Waals surface area (Å²) in [5.74, 6) is 5.42. The second-order valence-electron chi connectivity index (χ2n) is 3.46. The number of hydrogen-bond donors (Lipinski definition) is 2. The monoisotopic (exact) mass is 317 g/mol. The first-order chi connectivity index (χ1) is 9.08. The summed E-state index contributed by atoms with van der Waals surface area (Å²) < 4.78 is 1.24. The summed E-state index contributed by atoms with van der Waals surface area (Å²) in [7, 11) is 0. The molecule has 100 valence electrons. The molecular weight excluding hydrogens is 309 g/mol. The lowest BCUT2D eigenvalue weighted by atomic mass is 10.3. The molecule has 0 aliphatic heterocycles. The first kappa shape index (κ1) is 14.0. The van der Waals surface area contributed by atoms with E-state index in [2.05, 4.69) is 15.5 Å². The van der Waals surface area contributed by atoms with E-state index in [1.165, 1.54) is 22.8 Å². The average molecular weight is 318 g/mol. The van der Waals surface area contributed by atoms with Crippen LogP contribution < -0.4 is 11.2 Å². The largest absolute Gasteiger partial charge is 0.336 e. The summed E-state index contributed by atoms with van der Waals surface area (Å²) in [6.07, 6.45) is 1.36. The van der Waals surface area contributed by atoms with Gasteiger partial charge in [-0.25, -0.2) is 4.68 Å². The highest BCUT2D eigenvalue weighted by Gasteiger charge is 2.10. The molecule has 2 rings (SSSR count). The number of nitrogens with one attached hydrogen (secondary N) is 1. The number of rotatable bonds is 4. The Bertz CT molecular complexity index is 603. The van der Waals surface area contributed by atoms with Crippen LogP contribution in [0.2, 0.25) is 10.0 Å². The van der Waals surface area contributed by atoms with E-state index in [4.69, 9.17) is 29.0 Å². The van der Waals surface area contributed by atoms with Gasteiger partial charge in [0.15, 0.2) is 0 Å². The molecule has 1 amide bonds. The molecule has 1 heterocycles. The number of carbonyl (C=O) groups excluding carboxylic acids is 1. The van der Waals surface area contributed by atoms with E-state index >= 15 is 0 Å². The molecule has 0 aliphatic rings. The Morgan fingerprint density at radius 1 is 1.47 bits per heavy atom. The normalized spacial score (nSPS) is 10.4. The van der Waals surface area contributed by atoms with Crippen LogP contribution in [0.5, 0.6) is 0 Å². The van der Waals surface area contributed by atoms with Crippen molar-refractivity contribution in [3.63, 3.8) is 0 Å². The highest BCUT2D eigenvalue weighted by Crippen LogP contribution is 2.29. The lowest BCUT2D eigenvalue weighted by Crippen LogP contribution is -2.16. The Balaban J connectivity index is 1.95. The molecule has 1 aromatic heterocycles. The summed E-state index contributed by atoms with van der Waals surface area (Å²) in [5, 5.41) is 11.2. The van der Waals surface area contributed by atoms with Gasteiger partial charge >= 0.3 is 0 Å². The predicted octanol–water partition coefficient (Wildman–Crippen LogP) is 2.03. The van der Waals surface area contributed by atoms with Gasteiger partial charge in [-0.2, -0.15) is 0 Å². The van der Waals surface area contributed by atoms with Gasteiger partial charge in [-0.1, -0.05) is 41.0 Å². The van der Waals surface area contributed by atoms with Gasteiger partial charge in [0.1, 0.15) is 6.33 Å². The van der Waals surface area contributed by atoms with Crippen LogP contribution in [-0.4, -0.2) is 26.5 Å². The van der Waals surface area contributed by atoms with Crippen LogP contribution in [0.3, 0.4) is 0 Å². The number of aromatic nitrogens is 3. The van der Waals surface area contributed by atoms with Gasteiger partial charge in [-0.15, -0.1) is 10.2 Å². The molecule has 2 aromatic rings. The topological polar surface area (TPSA) is 85.8 Å². The van der Waals surface area contributed by atoms with Gasteiger partial charge in [0.2, 0.25) is 11.1 Å². The first-order valence-electron chi connectivity index (χ1n) is 5.09. The van der Waals surface area contributed by atoms with Gasteiger partial charge in [-0.3, -0.25) is 4.79 Å². The maximum atomic E-state index is 11.8. The Kier molecular flexibility index (Phi) is 4.52. The molecule has 3 N–H and O–H groups in total. The van der Waals surface area contributed by atoms with Crippen LogP contribution in [-0.2, 0) is 4.79 Å². The zero-order chi connectivity index (χ0) is 13.8. The van der Waals surface area contributed by atoms with E-state index in [1.807, 2.05) is 0 Å². The second-order valence-corrected chi connectivity index (χ2v) is 5.19. The fraction of sp³-hybridized carbons (Fsp3) is 0.100. The maximum absolute atomic E-state index is 11.8. The maximum Gasteiger partial charge on any atom is 0.234 e. The smallest absolute Gasteiger partial charge is 0.234 e. The van der Waals surface area contributed by atoms with Crippen molar-refractivity contribution in [1.29, 1.82) is 0 Å². The second kappa shape index (κ2) is 6.14. The van der Waals surface area contributed by atoms with Crippen LogP contribution in [0.1, 0.15) is 0 Å². The summed E-state index contributed by atoms with van der Waals surface area (Å²) in [5.41, 5.74) is 0.467. The van der Waals surface area contributed by atoms with Crippen molar-refractivity contribution in [2.24, 2.45) is 0 Å². The summed E-state index contributed by atoms with van der Waals surface area (Å²) in [6, 6.07) is 5.01. The van der Waals surface area contributed by atoms with Gasteiger partial charge in [0, 0.05) is 0 Å². The molecule has 0 fully saturated rings. The number of nitrogens with zero attached hydrogens (tertiary/aromatic N) is 3.